The van der Waals surface area contributed by atoms with Gasteiger partial charge in [-0.3, -0.25) is 4.68 Å². The van der Waals surface area contributed by atoms with Crippen LogP contribution in [0.25, 0.3) is 11.3 Å². The summed E-state index contributed by atoms with van der Waals surface area (Å²) in [5, 5.41) is 8.03. The molecule has 21 heavy (non-hydrogen) atoms. The summed E-state index contributed by atoms with van der Waals surface area (Å²) in [6, 6.07) is 12.9. The predicted molar refractivity (Wildman–Crippen MR) is 87.0 cm³/mol. The van der Waals surface area contributed by atoms with E-state index in [-0.39, 0.29) is 0 Å². The number of benzene rings is 1. The molecule has 0 saturated heterocycles. The number of aromatic nitrogens is 2. The van der Waals surface area contributed by atoms with E-state index in [1.165, 1.54) is 43.4 Å². The molecule has 1 N–H and O–H groups in total. The normalized spacial score (nSPS) is 16.2. The van der Waals surface area contributed by atoms with Crippen LogP contribution >= 0.6 is 0 Å². The monoisotopic (exact) mass is 283 g/mol. The van der Waals surface area contributed by atoms with E-state index >= 15 is 0 Å². The molecule has 0 bridgehead atoms. The van der Waals surface area contributed by atoms with Crippen molar-refractivity contribution in [3.05, 3.63) is 42.1 Å². The van der Waals surface area contributed by atoms with E-state index in [1.54, 1.807) is 0 Å². The van der Waals surface area contributed by atoms with Crippen molar-refractivity contribution in [1.29, 1.82) is 0 Å². The summed E-state index contributed by atoms with van der Waals surface area (Å²) >= 11 is 0. The fraction of sp³-hybridized carbons (Fsp3) is 0.500. The molecule has 3 heteroatoms. The SMILES string of the molecule is CNCc1cc(-c2ccccc2)n(CC2CCCCC2)n1. The van der Waals surface area contributed by atoms with Crippen LogP contribution in [0.1, 0.15) is 37.8 Å². The maximum atomic E-state index is 4.82. The summed E-state index contributed by atoms with van der Waals surface area (Å²) in [5.74, 6) is 0.795. The highest BCUT2D eigenvalue weighted by Crippen LogP contribution is 2.28. The third-order valence-corrected chi connectivity index (χ3v) is 4.41. The van der Waals surface area contributed by atoms with Gasteiger partial charge < -0.3 is 5.32 Å². The van der Waals surface area contributed by atoms with E-state index in [4.69, 9.17) is 5.10 Å². The Morgan fingerprint density at radius 2 is 1.90 bits per heavy atom. The molecular formula is C18H25N3. The molecule has 112 valence electrons. The first-order valence-electron chi connectivity index (χ1n) is 8.13. The molecule has 1 aliphatic rings. The molecular weight excluding hydrogens is 258 g/mol. The Hall–Kier alpha value is -1.61. The molecule has 3 rings (SSSR count). The third-order valence-electron chi connectivity index (χ3n) is 4.41. The van der Waals surface area contributed by atoms with Gasteiger partial charge in [0.15, 0.2) is 0 Å². The first-order valence-corrected chi connectivity index (χ1v) is 8.13. The van der Waals surface area contributed by atoms with Gasteiger partial charge in [0.1, 0.15) is 0 Å². The Kier molecular flexibility index (Phi) is 4.71. The standard InChI is InChI=1S/C18H25N3/c1-19-13-17-12-18(16-10-6-3-7-11-16)21(20-17)14-15-8-4-2-5-9-15/h3,6-7,10-12,15,19H,2,4-5,8-9,13-14H2,1H3. The van der Waals surface area contributed by atoms with Crippen molar-refractivity contribution in [2.75, 3.05) is 7.05 Å². The Labute approximate surface area is 127 Å². The Morgan fingerprint density at radius 1 is 1.14 bits per heavy atom. The van der Waals surface area contributed by atoms with Gasteiger partial charge in [0.05, 0.1) is 11.4 Å². The second kappa shape index (κ2) is 6.90. The van der Waals surface area contributed by atoms with Crippen LogP contribution in [0.3, 0.4) is 0 Å². The van der Waals surface area contributed by atoms with E-state index in [0.29, 0.717) is 0 Å². The molecule has 1 saturated carbocycles. The van der Waals surface area contributed by atoms with Gasteiger partial charge in [-0.25, -0.2) is 0 Å². The lowest BCUT2D eigenvalue weighted by molar-refractivity contribution is 0.309. The molecule has 0 atom stereocenters. The van der Waals surface area contributed by atoms with Crippen molar-refractivity contribution >= 4 is 0 Å². The van der Waals surface area contributed by atoms with Gasteiger partial charge in [-0.2, -0.15) is 5.10 Å². The second-order valence-electron chi connectivity index (χ2n) is 6.10. The van der Waals surface area contributed by atoms with Crippen LogP contribution in [0, 0.1) is 5.92 Å². The zero-order valence-electron chi connectivity index (χ0n) is 12.9. The number of nitrogens with one attached hydrogen (secondary N) is 1. The Balaban J connectivity index is 1.86. The molecule has 3 nitrogen and oxygen atoms in total. The summed E-state index contributed by atoms with van der Waals surface area (Å²) < 4.78 is 2.23. The molecule has 1 fully saturated rings. The highest BCUT2D eigenvalue weighted by atomic mass is 15.3. The molecule has 1 aromatic carbocycles. The van der Waals surface area contributed by atoms with Gasteiger partial charge >= 0.3 is 0 Å². The molecule has 2 aromatic rings. The van der Waals surface area contributed by atoms with Crippen molar-refractivity contribution in [3.8, 4) is 11.3 Å². The van der Waals surface area contributed by atoms with Crippen LogP contribution in [0.5, 0.6) is 0 Å². The fourth-order valence-corrected chi connectivity index (χ4v) is 3.33. The van der Waals surface area contributed by atoms with Gasteiger partial charge in [0, 0.05) is 13.1 Å². The van der Waals surface area contributed by atoms with Crippen LogP contribution in [0.2, 0.25) is 0 Å². The van der Waals surface area contributed by atoms with Crippen molar-refractivity contribution in [2.45, 2.75) is 45.2 Å². The second-order valence-corrected chi connectivity index (χ2v) is 6.10. The van der Waals surface area contributed by atoms with Gasteiger partial charge in [0.25, 0.3) is 0 Å². The number of hydrogen-bond donors (Lipinski definition) is 1. The Morgan fingerprint density at radius 3 is 2.62 bits per heavy atom. The Bertz CT molecular complexity index is 553. The molecule has 0 unspecified atom stereocenters. The van der Waals surface area contributed by atoms with Crippen molar-refractivity contribution in [2.24, 2.45) is 5.92 Å². The number of rotatable bonds is 5. The summed E-state index contributed by atoms with van der Waals surface area (Å²) in [7, 11) is 1.97. The summed E-state index contributed by atoms with van der Waals surface area (Å²) in [6.45, 7) is 1.89. The summed E-state index contributed by atoms with van der Waals surface area (Å²) in [5.41, 5.74) is 3.65. The fourth-order valence-electron chi connectivity index (χ4n) is 3.33. The maximum absolute atomic E-state index is 4.82. The molecule has 0 aliphatic heterocycles. The van der Waals surface area contributed by atoms with Gasteiger partial charge in [-0.05, 0) is 37.4 Å². The van der Waals surface area contributed by atoms with Crippen LogP contribution in [-0.4, -0.2) is 16.8 Å². The van der Waals surface area contributed by atoms with Crippen LogP contribution < -0.4 is 5.32 Å². The first-order chi connectivity index (χ1) is 10.4. The zero-order valence-corrected chi connectivity index (χ0v) is 12.9. The molecule has 1 aliphatic carbocycles. The molecule has 0 spiro atoms. The topological polar surface area (TPSA) is 29.9 Å². The van der Waals surface area contributed by atoms with E-state index < -0.39 is 0 Å². The minimum Gasteiger partial charge on any atom is -0.314 e. The lowest BCUT2D eigenvalue weighted by atomic mass is 9.89. The maximum Gasteiger partial charge on any atom is 0.0768 e. The predicted octanol–water partition coefficient (Wildman–Crippen LogP) is 3.85. The van der Waals surface area contributed by atoms with Gasteiger partial charge in [-0.15, -0.1) is 0 Å². The van der Waals surface area contributed by atoms with Crippen molar-refractivity contribution in [3.63, 3.8) is 0 Å². The largest absolute Gasteiger partial charge is 0.314 e. The smallest absolute Gasteiger partial charge is 0.0768 e. The molecule has 0 amide bonds. The highest BCUT2D eigenvalue weighted by Gasteiger charge is 2.17. The quantitative estimate of drug-likeness (QED) is 0.903. The molecule has 1 heterocycles. The van der Waals surface area contributed by atoms with Crippen molar-refractivity contribution in [1.82, 2.24) is 15.1 Å². The highest BCUT2D eigenvalue weighted by molar-refractivity contribution is 5.59. The van der Waals surface area contributed by atoms with E-state index in [0.717, 1.165) is 24.7 Å². The summed E-state index contributed by atoms with van der Waals surface area (Å²) in [4.78, 5) is 0. The van der Waals surface area contributed by atoms with E-state index in [2.05, 4.69) is 46.4 Å². The summed E-state index contributed by atoms with van der Waals surface area (Å²) in [6.07, 6.45) is 6.89. The third kappa shape index (κ3) is 3.53. The average molecular weight is 283 g/mol. The minimum absolute atomic E-state index is 0.795. The van der Waals surface area contributed by atoms with Crippen LogP contribution in [0.4, 0.5) is 0 Å². The van der Waals surface area contributed by atoms with Crippen LogP contribution in [0.15, 0.2) is 36.4 Å². The lowest BCUT2D eigenvalue weighted by Gasteiger charge is -2.22. The first kappa shape index (κ1) is 14.3. The van der Waals surface area contributed by atoms with Gasteiger partial charge in [-0.1, -0.05) is 49.6 Å². The van der Waals surface area contributed by atoms with Gasteiger partial charge in [0.2, 0.25) is 0 Å². The zero-order chi connectivity index (χ0) is 14.5. The minimum atomic E-state index is 0.795. The van der Waals surface area contributed by atoms with E-state index in [9.17, 15) is 0 Å². The lowest BCUT2D eigenvalue weighted by Crippen LogP contribution is -2.16. The van der Waals surface area contributed by atoms with Crippen molar-refractivity contribution < 1.29 is 0 Å². The average Bonchev–Trinajstić information content (AvgIpc) is 2.92. The number of nitrogens with zero attached hydrogens (tertiary/aromatic N) is 2. The van der Waals surface area contributed by atoms with E-state index in [1.807, 2.05) is 7.05 Å². The molecule has 0 radical (unpaired) electrons. The number of hydrogen-bond acceptors (Lipinski definition) is 2. The molecule has 1 aromatic heterocycles. The van der Waals surface area contributed by atoms with Crippen LogP contribution in [-0.2, 0) is 13.1 Å².